The molecule has 0 heterocycles. The fraction of sp³-hybridized carbons (Fsp3) is 0.533. The monoisotopic (exact) mass is 281 g/mol. The summed E-state index contributed by atoms with van der Waals surface area (Å²) in [6.07, 6.45) is 0.215. The number of hydrogen-bond donors (Lipinski definition) is 1. The highest BCUT2D eigenvalue weighted by molar-refractivity contribution is 5.75. The molecule has 0 aliphatic heterocycles. The molecule has 1 rings (SSSR count). The Morgan fingerprint density at radius 3 is 2.45 bits per heavy atom. The first-order valence-corrected chi connectivity index (χ1v) is 6.70. The number of carbonyl (C=O) groups is 1. The number of nitrogens with two attached hydrogens (primary N) is 1. The SMILES string of the molecule is CCC(C)(C)C(=O)OCC(COc1ccccc1)ON. The normalized spacial score (nSPS) is 12.8. The first-order chi connectivity index (χ1) is 9.49. The topological polar surface area (TPSA) is 70.8 Å². The fourth-order valence-corrected chi connectivity index (χ4v) is 1.34. The van der Waals surface area contributed by atoms with Crippen LogP contribution in [0.25, 0.3) is 0 Å². The summed E-state index contributed by atoms with van der Waals surface area (Å²) < 4.78 is 10.7. The van der Waals surface area contributed by atoms with Gasteiger partial charge in [-0.15, -0.1) is 0 Å². The first kappa shape index (κ1) is 16.5. The molecule has 0 amide bonds. The lowest BCUT2D eigenvalue weighted by Gasteiger charge is -2.22. The van der Waals surface area contributed by atoms with Gasteiger partial charge in [-0.2, -0.15) is 0 Å². The van der Waals surface area contributed by atoms with Crippen molar-refractivity contribution in [1.82, 2.24) is 0 Å². The molecule has 1 aromatic carbocycles. The molecule has 0 fully saturated rings. The molecule has 0 bridgehead atoms. The van der Waals surface area contributed by atoms with Crippen LogP contribution in [0.1, 0.15) is 27.2 Å². The van der Waals surface area contributed by atoms with Crippen LogP contribution in [-0.4, -0.2) is 25.3 Å². The van der Waals surface area contributed by atoms with E-state index < -0.39 is 11.5 Å². The highest BCUT2D eigenvalue weighted by Crippen LogP contribution is 2.21. The van der Waals surface area contributed by atoms with E-state index in [1.807, 2.05) is 51.1 Å². The van der Waals surface area contributed by atoms with Gasteiger partial charge >= 0.3 is 5.97 Å². The van der Waals surface area contributed by atoms with Crippen molar-refractivity contribution < 1.29 is 19.1 Å². The number of ether oxygens (including phenoxy) is 2. The minimum Gasteiger partial charge on any atom is -0.491 e. The summed E-state index contributed by atoms with van der Waals surface area (Å²) in [7, 11) is 0. The average molecular weight is 281 g/mol. The summed E-state index contributed by atoms with van der Waals surface area (Å²) in [6.45, 7) is 5.92. The fourth-order valence-electron chi connectivity index (χ4n) is 1.34. The summed E-state index contributed by atoms with van der Waals surface area (Å²) in [5, 5.41) is 0. The van der Waals surface area contributed by atoms with Crippen LogP contribution >= 0.6 is 0 Å². The maximum Gasteiger partial charge on any atom is 0.311 e. The third-order valence-electron chi connectivity index (χ3n) is 3.21. The molecule has 112 valence electrons. The Bertz CT molecular complexity index is 406. The van der Waals surface area contributed by atoms with E-state index in [0.717, 1.165) is 5.75 Å². The van der Waals surface area contributed by atoms with Gasteiger partial charge in [0.15, 0.2) is 0 Å². The molecule has 0 radical (unpaired) electrons. The van der Waals surface area contributed by atoms with Crippen molar-refractivity contribution in [2.75, 3.05) is 13.2 Å². The number of carbonyl (C=O) groups excluding carboxylic acids is 1. The van der Waals surface area contributed by atoms with Gasteiger partial charge < -0.3 is 9.47 Å². The van der Waals surface area contributed by atoms with Gasteiger partial charge in [0.05, 0.1) is 5.41 Å². The van der Waals surface area contributed by atoms with E-state index in [-0.39, 0.29) is 19.2 Å². The van der Waals surface area contributed by atoms with E-state index in [4.69, 9.17) is 20.2 Å². The molecule has 0 saturated carbocycles. The largest absolute Gasteiger partial charge is 0.491 e. The molecule has 2 N–H and O–H groups in total. The van der Waals surface area contributed by atoms with E-state index in [1.165, 1.54) is 0 Å². The predicted molar refractivity (Wildman–Crippen MR) is 76.0 cm³/mol. The van der Waals surface area contributed by atoms with Gasteiger partial charge in [-0.05, 0) is 32.4 Å². The maximum atomic E-state index is 11.8. The Morgan fingerprint density at radius 1 is 1.25 bits per heavy atom. The van der Waals surface area contributed by atoms with Crippen molar-refractivity contribution in [3.8, 4) is 5.75 Å². The number of esters is 1. The van der Waals surface area contributed by atoms with Gasteiger partial charge in [-0.1, -0.05) is 25.1 Å². The zero-order valence-electron chi connectivity index (χ0n) is 12.3. The Balaban J connectivity index is 2.38. The highest BCUT2D eigenvalue weighted by Gasteiger charge is 2.28. The number of rotatable bonds is 8. The van der Waals surface area contributed by atoms with Crippen LogP contribution in [-0.2, 0) is 14.4 Å². The lowest BCUT2D eigenvalue weighted by Crippen LogP contribution is -2.34. The second kappa shape index (κ2) is 7.87. The third-order valence-corrected chi connectivity index (χ3v) is 3.21. The average Bonchev–Trinajstić information content (AvgIpc) is 2.48. The summed E-state index contributed by atoms with van der Waals surface area (Å²) >= 11 is 0. The molecular formula is C15H23NO4. The Morgan fingerprint density at radius 2 is 1.90 bits per heavy atom. The van der Waals surface area contributed by atoms with Crippen molar-refractivity contribution in [1.29, 1.82) is 0 Å². The number of hydrogen-bond acceptors (Lipinski definition) is 5. The van der Waals surface area contributed by atoms with E-state index in [2.05, 4.69) is 0 Å². The van der Waals surface area contributed by atoms with Gasteiger partial charge in [0.25, 0.3) is 0 Å². The zero-order chi connectivity index (χ0) is 15.0. The van der Waals surface area contributed by atoms with Gasteiger partial charge in [0.1, 0.15) is 25.1 Å². The Hall–Kier alpha value is -1.59. The third kappa shape index (κ3) is 5.19. The van der Waals surface area contributed by atoms with Gasteiger partial charge in [0.2, 0.25) is 0 Å². The van der Waals surface area contributed by atoms with Crippen molar-refractivity contribution >= 4 is 5.97 Å². The molecule has 1 unspecified atom stereocenters. The summed E-state index contributed by atoms with van der Waals surface area (Å²) in [6, 6.07) is 9.31. The van der Waals surface area contributed by atoms with Crippen LogP contribution in [0.15, 0.2) is 30.3 Å². The molecule has 5 nitrogen and oxygen atoms in total. The first-order valence-electron chi connectivity index (χ1n) is 6.70. The quantitative estimate of drug-likeness (QED) is 0.585. The van der Waals surface area contributed by atoms with Crippen LogP contribution < -0.4 is 10.6 Å². The zero-order valence-corrected chi connectivity index (χ0v) is 12.3. The second-order valence-corrected chi connectivity index (χ2v) is 5.22. The van der Waals surface area contributed by atoms with Crippen molar-refractivity contribution in [2.45, 2.75) is 33.3 Å². The van der Waals surface area contributed by atoms with E-state index >= 15 is 0 Å². The second-order valence-electron chi connectivity index (χ2n) is 5.22. The van der Waals surface area contributed by atoms with Crippen LogP contribution in [0.3, 0.4) is 0 Å². The van der Waals surface area contributed by atoms with Crippen molar-refractivity contribution in [2.24, 2.45) is 11.3 Å². The molecular weight excluding hydrogens is 258 g/mol. The minimum atomic E-state index is -0.501. The van der Waals surface area contributed by atoms with E-state index in [0.29, 0.717) is 6.42 Å². The van der Waals surface area contributed by atoms with Crippen LogP contribution in [0.2, 0.25) is 0 Å². The van der Waals surface area contributed by atoms with Crippen LogP contribution in [0.4, 0.5) is 0 Å². The minimum absolute atomic E-state index is 0.0750. The van der Waals surface area contributed by atoms with Crippen LogP contribution in [0, 0.1) is 5.41 Å². The standard InChI is InChI=1S/C15H23NO4/c1-4-15(2,3)14(17)19-11-13(20-16)10-18-12-8-6-5-7-9-12/h5-9,13H,4,10-11,16H2,1-3H3. The molecule has 0 aromatic heterocycles. The van der Waals surface area contributed by atoms with E-state index in [9.17, 15) is 4.79 Å². The summed E-state index contributed by atoms with van der Waals surface area (Å²) in [5.74, 6) is 5.65. The molecule has 1 aromatic rings. The molecule has 0 aliphatic carbocycles. The molecule has 0 spiro atoms. The lowest BCUT2D eigenvalue weighted by atomic mass is 9.91. The Labute approximate surface area is 120 Å². The molecule has 1 atom stereocenters. The van der Waals surface area contributed by atoms with Crippen LogP contribution in [0.5, 0.6) is 5.75 Å². The van der Waals surface area contributed by atoms with Crippen molar-refractivity contribution in [3.63, 3.8) is 0 Å². The summed E-state index contributed by atoms with van der Waals surface area (Å²) in [5.41, 5.74) is -0.501. The molecule has 20 heavy (non-hydrogen) atoms. The van der Waals surface area contributed by atoms with Gasteiger partial charge in [-0.3, -0.25) is 9.63 Å². The number of para-hydroxylation sites is 1. The van der Waals surface area contributed by atoms with Gasteiger partial charge in [-0.25, -0.2) is 5.90 Å². The molecule has 0 saturated heterocycles. The number of benzene rings is 1. The Kier molecular flexibility index (Phi) is 6.48. The lowest BCUT2D eigenvalue weighted by molar-refractivity contribution is -0.159. The molecule has 5 heteroatoms. The smallest absolute Gasteiger partial charge is 0.311 e. The van der Waals surface area contributed by atoms with Crippen molar-refractivity contribution in [3.05, 3.63) is 30.3 Å². The highest BCUT2D eigenvalue weighted by atomic mass is 16.7. The maximum absolute atomic E-state index is 11.8. The summed E-state index contributed by atoms with van der Waals surface area (Å²) in [4.78, 5) is 16.6. The van der Waals surface area contributed by atoms with Gasteiger partial charge in [0, 0.05) is 0 Å². The predicted octanol–water partition coefficient (Wildman–Crippen LogP) is 2.30. The van der Waals surface area contributed by atoms with E-state index in [1.54, 1.807) is 0 Å². The molecule has 0 aliphatic rings.